The van der Waals surface area contributed by atoms with Crippen molar-refractivity contribution >= 4 is 63.3 Å². The number of amides is 2. The molecular weight excluding hydrogens is 429 g/mol. The first-order valence-corrected chi connectivity index (χ1v) is 10.8. The van der Waals surface area contributed by atoms with Gasteiger partial charge in [-0.05, 0) is 56.2 Å². The van der Waals surface area contributed by atoms with E-state index in [9.17, 15) is 9.59 Å². The maximum absolute atomic E-state index is 12.8. The lowest BCUT2D eigenvalue weighted by Crippen LogP contribution is -2.33. The predicted molar refractivity (Wildman–Crippen MR) is 121 cm³/mol. The minimum Gasteiger partial charge on any atom is -0.325 e. The summed E-state index contributed by atoms with van der Waals surface area (Å²) in [7, 11) is 0. The van der Waals surface area contributed by atoms with Crippen LogP contribution in [-0.4, -0.2) is 33.7 Å². The van der Waals surface area contributed by atoms with E-state index in [0.717, 1.165) is 16.8 Å². The van der Waals surface area contributed by atoms with Crippen molar-refractivity contribution < 1.29 is 9.59 Å². The van der Waals surface area contributed by atoms with Crippen molar-refractivity contribution in [3.63, 3.8) is 0 Å². The van der Waals surface area contributed by atoms with Gasteiger partial charge in [0.2, 0.25) is 11.8 Å². The molecule has 0 aromatic heterocycles. The number of aliphatic imine (C=N–C) groups is 1. The summed E-state index contributed by atoms with van der Waals surface area (Å²) in [6.07, 6.45) is 0.0225. The van der Waals surface area contributed by atoms with Gasteiger partial charge < -0.3 is 5.32 Å². The smallest absolute Gasteiger partial charge is 0.242 e. The van der Waals surface area contributed by atoms with Crippen molar-refractivity contribution in [1.29, 1.82) is 0 Å². The van der Waals surface area contributed by atoms with Gasteiger partial charge in [0.15, 0.2) is 5.17 Å². The quantitative estimate of drug-likeness (QED) is 0.646. The van der Waals surface area contributed by atoms with Gasteiger partial charge in [0.25, 0.3) is 0 Å². The molecule has 2 amide bonds. The second kappa shape index (κ2) is 9.20. The first-order chi connectivity index (χ1) is 13.8. The molecule has 1 atom stereocenters. The number of halogens is 2. The fraction of sp³-hybridized carbons (Fsp3) is 0.286. The Labute approximate surface area is 184 Å². The Kier molecular flexibility index (Phi) is 6.88. The van der Waals surface area contributed by atoms with Crippen molar-refractivity contribution in [2.75, 3.05) is 11.9 Å². The summed E-state index contributed by atoms with van der Waals surface area (Å²) < 4.78 is 0. The van der Waals surface area contributed by atoms with Crippen LogP contribution >= 0.6 is 35.0 Å². The zero-order valence-electron chi connectivity index (χ0n) is 16.3. The van der Waals surface area contributed by atoms with E-state index in [4.69, 9.17) is 23.2 Å². The fourth-order valence-electron chi connectivity index (χ4n) is 3.11. The number of hydrogen-bond acceptors (Lipinski definition) is 4. The average Bonchev–Trinajstić information content (AvgIpc) is 2.92. The predicted octanol–water partition coefficient (Wildman–Crippen LogP) is 5.59. The molecule has 0 radical (unpaired) electrons. The van der Waals surface area contributed by atoms with E-state index in [-0.39, 0.29) is 23.3 Å². The highest BCUT2D eigenvalue weighted by atomic mass is 35.5. The molecule has 1 aliphatic rings. The molecule has 1 N–H and O–H groups in total. The normalized spacial score (nSPS) is 17.8. The molecule has 0 bridgehead atoms. The summed E-state index contributed by atoms with van der Waals surface area (Å²) in [4.78, 5) is 31.5. The fourth-order valence-corrected chi connectivity index (χ4v) is 4.68. The van der Waals surface area contributed by atoms with Crippen molar-refractivity contribution in [3.8, 4) is 0 Å². The van der Waals surface area contributed by atoms with Crippen LogP contribution < -0.4 is 5.32 Å². The second-order valence-corrected chi connectivity index (χ2v) is 8.74. The summed E-state index contributed by atoms with van der Waals surface area (Å²) in [5.41, 5.74) is 3.44. The maximum atomic E-state index is 12.8. The summed E-state index contributed by atoms with van der Waals surface area (Å²) in [6, 6.07) is 11.0. The van der Waals surface area contributed by atoms with Crippen LogP contribution in [0.1, 0.15) is 24.5 Å². The third kappa shape index (κ3) is 5.13. The van der Waals surface area contributed by atoms with Crippen molar-refractivity contribution in [2.24, 2.45) is 4.99 Å². The Balaban J connectivity index is 1.75. The summed E-state index contributed by atoms with van der Waals surface area (Å²) in [6.45, 7) is 6.40. The molecule has 2 aromatic rings. The molecule has 5 nitrogen and oxygen atoms in total. The van der Waals surface area contributed by atoms with Crippen LogP contribution in [0, 0.1) is 13.8 Å². The Morgan fingerprint density at radius 2 is 1.90 bits per heavy atom. The van der Waals surface area contributed by atoms with Gasteiger partial charge in [-0.15, -0.1) is 0 Å². The molecule has 0 saturated carbocycles. The molecule has 3 rings (SSSR count). The van der Waals surface area contributed by atoms with E-state index >= 15 is 0 Å². The molecule has 1 fully saturated rings. The second-order valence-electron chi connectivity index (χ2n) is 6.78. The minimum absolute atomic E-state index is 0.0225. The summed E-state index contributed by atoms with van der Waals surface area (Å²) in [5.74, 6) is -0.420. The standard InChI is InChI=1S/C21H21Cl2N3O2S/c1-4-26-20(28)17(11-18(27)25-16-7-5-6-15(22)19(16)23)29-21(26)24-14-9-12(2)8-13(3)10-14/h5-10,17H,4,11H2,1-3H3,(H,25,27). The molecule has 0 aliphatic carbocycles. The lowest BCUT2D eigenvalue weighted by Gasteiger charge is -2.13. The molecule has 0 spiro atoms. The minimum atomic E-state index is -0.530. The maximum Gasteiger partial charge on any atom is 0.242 e. The Hall–Kier alpha value is -2.02. The zero-order chi connectivity index (χ0) is 21.1. The summed E-state index contributed by atoms with van der Waals surface area (Å²) >= 11 is 13.4. The van der Waals surface area contributed by atoms with Crippen LogP contribution in [0.25, 0.3) is 0 Å². The van der Waals surface area contributed by atoms with Crippen LogP contribution in [0.2, 0.25) is 10.0 Å². The molecule has 8 heteroatoms. The Bertz CT molecular complexity index is 974. The van der Waals surface area contributed by atoms with Crippen LogP contribution in [0.3, 0.4) is 0 Å². The van der Waals surface area contributed by atoms with Gasteiger partial charge in [0.05, 0.1) is 21.4 Å². The highest BCUT2D eigenvalue weighted by Crippen LogP contribution is 2.33. The van der Waals surface area contributed by atoms with E-state index in [2.05, 4.69) is 16.4 Å². The number of benzene rings is 2. The van der Waals surface area contributed by atoms with Gasteiger partial charge in [0, 0.05) is 13.0 Å². The highest BCUT2D eigenvalue weighted by molar-refractivity contribution is 8.15. The number of nitrogens with one attached hydrogen (secondary N) is 1. The molecule has 2 aromatic carbocycles. The average molecular weight is 450 g/mol. The zero-order valence-corrected chi connectivity index (χ0v) is 18.7. The highest BCUT2D eigenvalue weighted by Gasteiger charge is 2.38. The van der Waals surface area contributed by atoms with E-state index < -0.39 is 5.25 Å². The lowest BCUT2D eigenvalue weighted by atomic mass is 10.1. The number of nitrogens with zero attached hydrogens (tertiary/aromatic N) is 2. The number of carbonyl (C=O) groups is 2. The monoisotopic (exact) mass is 449 g/mol. The van der Waals surface area contributed by atoms with Crippen molar-refractivity contribution in [2.45, 2.75) is 32.4 Å². The number of amidine groups is 1. The number of aryl methyl sites for hydroxylation is 2. The Morgan fingerprint density at radius 3 is 2.55 bits per heavy atom. The number of carbonyl (C=O) groups excluding carboxylic acids is 2. The van der Waals surface area contributed by atoms with Gasteiger partial charge in [-0.25, -0.2) is 4.99 Å². The first-order valence-electron chi connectivity index (χ1n) is 9.17. The van der Waals surface area contributed by atoms with Crippen molar-refractivity contribution in [1.82, 2.24) is 4.90 Å². The number of anilines is 1. The van der Waals surface area contributed by atoms with Gasteiger partial charge in [0.1, 0.15) is 5.25 Å². The summed E-state index contributed by atoms with van der Waals surface area (Å²) in [5, 5.41) is 3.45. The van der Waals surface area contributed by atoms with Gasteiger partial charge in [-0.2, -0.15) is 0 Å². The number of rotatable bonds is 5. The van der Waals surface area contributed by atoms with Crippen LogP contribution in [0.15, 0.2) is 41.4 Å². The molecule has 1 saturated heterocycles. The van der Waals surface area contributed by atoms with Crippen LogP contribution in [0.5, 0.6) is 0 Å². The molecule has 1 unspecified atom stereocenters. The van der Waals surface area contributed by atoms with E-state index in [1.54, 1.807) is 23.1 Å². The van der Waals surface area contributed by atoms with Crippen LogP contribution in [-0.2, 0) is 9.59 Å². The van der Waals surface area contributed by atoms with Crippen LogP contribution in [0.4, 0.5) is 11.4 Å². The van der Waals surface area contributed by atoms with Gasteiger partial charge in [-0.1, -0.05) is 47.1 Å². The van der Waals surface area contributed by atoms with Gasteiger partial charge in [-0.3, -0.25) is 14.5 Å². The molecule has 1 heterocycles. The number of hydrogen-bond donors (Lipinski definition) is 1. The topological polar surface area (TPSA) is 61.8 Å². The van der Waals surface area contributed by atoms with E-state index in [0.29, 0.717) is 22.4 Å². The SMILES string of the molecule is CCN1C(=O)C(CC(=O)Nc2cccc(Cl)c2Cl)SC1=Nc1cc(C)cc(C)c1. The molecule has 152 valence electrons. The molecule has 29 heavy (non-hydrogen) atoms. The van der Waals surface area contributed by atoms with Crippen molar-refractivity contribution in [3.05, 3.63) is 57.6 Å². The van der Waals surface area contributed by atoms with E-state index in [1.807, 2.05) is 32.9 Å². The Morgan fingerprint density at radius 1 is 1.21 bits per heavy atom. The largest absolute Gasteiger partial charge is 0.325 e. The molecular formula is C21H21Cl2N3O2S. The first kappa shape index (κ1) is 21.7. The third-order valence-electron chi connectivity index (χ3n) is 4.36. The van der Waals surface area contributed by atoms with E-state index in [1.165, 1.54) is 11.8 Å². The number of thioether (sulfide) groups is 1. The molecule has 1 aliphatic heterocycles. The van der Waals surface area contributed by atoms with Gasteiger partial charge >= 0.3 is 0 Å². The third-order valence-corrected chi connectivity index (χ3v) is 6.36. The lowest BCUT2D eigenvalue weighted by molar-refractivity contribution is -0.128.